The minimum atomic E-state index is -0.333. The molecule has 3 aromatic carbocycles. The Morgan fingerprint density at radius 2 is 1.61 bits per heavy atom. The molecule has 0 unspecified atom stereocenters. The number of amides is 2. The van der Waals surface area contributed by atoms with Crippen LogP contribution in [0.3, 0.4) is 0 Å². The number of aryl methyl sites for hydroxylation is 2. The van der Waals surface area contributed by atoms with Crippen LogP contribution in [0.15, 0.2) is 65.5 Å². The van der Waals surface area contributed by atoms with E-state index in [9.17, 15) is 14.4 Å². The summed E-state index contributed by atoms with van der Waals surface area (Å²) >= 11 is 12.6. The van der Waals surface area contributed by atoms with E-state index in [1.165, 1.54) is 0 Å². The molecule has 44 heavy (non-hydrogen) atoms. The molecule has 230 valence electrons. The highest BCUT2D eigenvalue weighted by atomic mass is 35.5. The van der Waals surface area contributed by atoms with Gasteiger partial charge in [0.25, 0.3) is 5.91 Å². The Balaban J connectivity index is 1.12. The molecular weight excluding hydrogens is 597 g/mol. The van der Waals surface area contributed by atoms with Crippen molar-refractivity contribution in [1.29, 1.82) is 0 Å². The quantitative estimate of drug-likeness (QED) is 0.282. The molecule has 1 atom stereocenters. The average molecular weight is 635 g/mol. The average Bonchev–Trinajstić information content (AvgIpc) is 3.36. The van der Waals surface area contributed by atoms with Gasteiger partial charge in [-0.2, -0.15) is 0 Å². The van der Waals surface area contributed by atoms with Gasteiger partial charge in [0, 0.05) is 57.3 Å². The van der Waals surface area contributed by atoms with Gasteiger partial charge in [-0.05, 0) is 68.7 Å². The first-order valence-electron chi connectivity index (χ1n) is 15.2. The van der Waals surface area contributed by atoms with Crippen molar-refractivity contribution in [3.63, 3.8) is 0 Å². The van der Waals surface area contributed by atoms with Crippen LogP contribution in [0.1, 0.15) is 58.4 Å². The predicted octanol–water partition coefficient (Wildman–Crippen LogP) is 6.01. The van der Waals surface area contributed by atoms with Gasteiger partial charge in [0.1, 0.15) is 0 Å². The monoisotopic (exact) mass is 633 g/mol. The Hall–Kier alpha value is -3.59. The molecule has 4 aromatic rings. The molecule has 2 fully saturated rings. The van der Waals surface area contributed by atoms with Crippen LogP contribution in [0.25, 0.3) is 11.0 Å². The number of piperidine rings is 1. The molecule has 0 saturated carbocycles. The van der Waals surface area contributed by atoms with Crippen molar-refractivity contribution in [1.82, 2.24) is 24.3 Å². The number of halogens is 2. The lowest BCUT2D eigenvalue weighted by Gasteiger charge is -2.42. The first kappa shape index (κ1) is 30.4. The molecule has 0 radical (unpaired) electrons. The highest BCUT2D eigenvalue weighted by Crippen LogP contribution is 2.32. The zero-order valence-corrected chi connectivity index (χ0v) is 26.6. The summed E-state index contributed by atoms with van der Waals surface area (Å²) in [6.45, 7) is 7.53. The molecule has 8 nitrogen and oxygen atoms in total. The van der Waals surface area contributed by atoms with Crippen molar-refractivity contribution in [2.24, 2.45) is 0 Å². The molecule has 0 bridgehead atoms. The number of H-pyrrole nitrogens is 1. The fourth-order valence-electron chi connectivity index (χ4n) is 6.79. The molecular formula is C34H37Cl2N5O3. The maximum absolute atomic E-state index is 13.7. The fraction of sp³-hybridized carbons (Fsp3) is 0.382. The lowest BCUT2D eigenvalue weighted by atomic mass is 10.00. The number of piperazine rings is 1. The lowest BCUT2D eigenvalue weighted by Crippen LogP contribution is -2.52. The third-order valence-electron chi connectivity index (χ3n) is 8.97. The molecule has 1 aromatic heterocycles. The van der Waals surface area contributed by atoms with Crippen molar-refractivity contribution < 1.29 is 9.59 Å². The Kier molecular flexibility index (Phi) is 8.85. The largest absolute Gasteiger partial charge is 0.334 e. The highest BCUT2D eigenvalue weighted by molar-refractivity contribution is 6.42. The number of benzene rings is 3. The number of carbonyl (C=O) groups excluding carboxylic acids is 2. The Bertz CT molecular complexity index is 1740. The topological polar surface area (TPSA) is 81.7 Å². The van der Waals surface area contributed by atoms with Gasteiger partial charge >= 0.3 is 5.69 Å². The Labute approximate surface area is 267 Å². The minimum absolute atomic E-state index is 0.0360. The van der Waals surface area contributed by atoms with Gasteiger partial charge in [-0.1, -0.05) is 58.6 Å². The number of hydrogen-bond donors (Lipinski definition) is 1. The van der Waals surface area contributed by atoms with Crippen LogP contribution in [-0.2, 0) is 4.79 Å². The van der Waals surface area contributed by atoms with Gasteiger partial charge in [-0.15, -0.1) is 0 Å². The molecule has 2 aliphatic heterocycles. The number of fused-ring (bicyclic) bond motifs is 1. The number of aromatic amines is 1. The second-order valence-electron chi connectivity index (χ2n) is 12.0. The smallest absolute Gasteiger partial charge is 0.326 e. The summed E-state index contributed by atoms with van der Waals surface area (Å²) in [5, 5.41) is 0.872. The molecule has 2 amide bonds. The first-order valence-corrected chi connectivity index (χ1v) is 16.0. The first-order chi connectivity index (χ1) is 21.2. The van der Waals surface area contributed by atoms with E-state index in [2.05, 4.69) is 16.0 Å². The van der Waals surface area contributed by atoms with Gasteiger partial charge in [-0.3, -0.25) is 14.2 Å². The molecule has 3 heterocycles. The van der Waals surface area contributed by atoms with Gasteiger partial charge in [0.15, 0.2) is 0 Å². The number of aromatic nitrogens is 2. The second kappa shape index (κ2) is 12.8. The van der Waals surface area contributed by atoms with Crippen LogP contribution >= 0.6 is 23.2 Å². The van der Waals surface area contributed by atoms with Gasteiger partial charge in [0.05, 0.1) is 27.1 Å². The standard InChI is InChI=1S/C34H37Cl2N5O3/c1-22-17-23(2)19-25(18-22)33(43)39-15-16-40(31(21-39)24-7-8-27(35)28(36)20-24)32(42)11-14-38-12-9-26(10-13-38)41-30-6-4-3-5-29(30)37-34(41)44/h3-8,17-20,26,31H,9-16,21H2,1-2H3,(H,37,44)/t31-/m0/s1. The van der Waals surface area contributed by atoms with E-state index < -0.39 is 0 Å². The van der Waals surface area contributed by atoms with E-state index in [0.717, 1.165) is 53.7 Å². The van der Waals surface area contributed by atoms with Crippen LogP contribution in [0.2, 0.25) is 10.0 Å². The summed E-state index contributed by atoms with van der Waals surface area (Å²) in [6, 6.07) is 18.9. The maximum atomic E-state index is 13.7. The molecule has 1 N–H and O–H groups in total. The third-order valence-corrected chi connectivity index (χ3v) is 9.71. The van der Waals surface area contributed by atoms with Crippen molar-refractivity contribution >= 4 is 46.0 Å². The number of hydrogen-bond acceptors (Lipinski definition) is 4. The van der Waals surface area contributed by atoms with Gasteiger partial charge in [0.2, 0.25) is 5.91 Å². The number of nitrogens with zero attached hydrogens (tertiary/aromatic N) is 4. The van der Waals surface area contributed by atoms with E-state index >= 15 is 0 Å². The van der Waals surface area contributed by atoms with Crippen molar-refractivity contribution in [2.75, 3.05) is 39.3 Å². The number of imidazole rings is 1. The molecule has 0 aliphatic carbocycles. The number of rotatable bonds is 6. The van der Waals surface area contributed by atoms with E-state index in [-0.39, 0.29) is 29.6 Å². The van der Waals surface area contributed by atoms with Crippen LogP contribution < -0.4 is 5.69 Å². The molecule has 10 heteroatoms. The molecule has 2 saturated heterocycles. The SMILES string of the molecule is Cc1cc(C)cc(C(=O)N2CCN(C(=O)CCN3CCC(n4c(=O)[nH]c5ccccc54)CC3)[C@H](c3ccc(Cl)c(Cl)c3)C2)c1. The summed E-state index contributed by atoms with van der Waals surface area (Å²) in [4.78, 5) is 49.0. The van der Waals surface area contributed by atoms with Gasteiger partial charge in [-0.25, -0.2) is 4.79 Å². The number of likely N-dealkylation sites (tertiary alicyclic amines) is 1. The number of nitrogens with one attached hydrogen (secondary N) is 1. The van der Waals surface area contributed by atoms with Crippen LogP contribution in [0.4, 0.5) is 0 Å². The van der Waals surface area contributed by atoms with Crippen molar-refractivity contribution in [2.45, 2.75) is 45.2 Å². The zero-order valence-electron chi connectivity index (χ0n) is 25.1. The third kappa shape index (κ3) is 6.29. The normalized spacial score (nSPS) is 18.2. The number of carbonyl (C=O) groups is 2. The summed E-state index contributed by atoms with van der Waals surface area (Å²) < 4.78 is 1.89. The minimum Gasteiger partial charge on any atom is -0.334 e. The predicted molar refractivity (Wildman–Crippen MR) is 175 cm³/mol. The Morgan fingerprint density at radius 3 is 2.34 bits per heavy atom. The van der Waals surface area contributed by atoms with E-state index in [0.29, 0.717) is 48.2 Å². The second-order valence-corrected chi connectivity index (χ2v) is 12.9. The molecule has 2 aliphatic rings. The summed E-state index contributed by atoms with van der Waals surface area (Å²) in [6.07, 6.45) is 2.07. The Morgan fingerprint density at radius 1 is 0.886 bits per heavy atom. The number of para-hydroxylation sites is 2. The van der Waals surface area contributed by atoms with Crippen LogP contribution in [-0.4, -0.2) is 75.3 Å². The van der Waals surface area contributed by atoms with Crippen molar-refractivity contribution in [3.8, 4) is 0 Å². The summed E-state index contributed by atoms with van der Waals surface area (Å²) in [5.74, 6) is 0.0145. The van der Waals surface area contributed by atoms with E-state index in [1.807, 2.05) is 70.7 Å². The van der Waals surface area contributed by atoms with Crippen LogP contribution in [0.5, 0.6) is 0 Å². The summed E-state index contributed by atoms with van der Waals surface area (Å²) in [7, 11) is 0. The van der Waals surface area contributed by atoms with Crippen LogP contribution in [0, 0.1) is 13.8 Å². The van der Waals surface area contributed by atoms with Gasteiger partial charge < -0.3 is 19.7 Å². The lowest BCUT2D eigenvalue weighted by molar-refractivity contribution is -0.136. The molecule has 0 spiro atoms. The fourth-order valence-corrected chi connectivity index (χ4v) is 7.09. The highest BCUT2D eigenvalue weighted by Gasteiger charge is 2.34. The molecule has 6 rings (SSSR count). The maximum Gasteiger partial charge on any atom is 0.326 e. The zero-order chi connectivity index (χ0) is 31.0. The van der Waals surface area contributed by atoms with E-state index in [4.69, 9.17) is 23.2 Å². The summed E-state index contributed by atoms with van der Waals surface area (Å²) in [5.41, 5.74) is 5.33. The van der Waals surface area contributed by atoms with E-state index in [1.54, 1.807) is 12.1 Å². The van der Waals surface area contributed by atoms with Crippen molar-refractivity contribution in [3.05, 3.63) is 103 Å².